The van der Waals surface area contributed by atoms with Gasteiger partial charge in [-0.15, -0.1) is 0 Å². The lowest BCUT2D eigenvalue weighted by atomic mass is 10.2. The summed E-state index contributed by atoms with van der Waals surface area (Å²) in [5, 5.41) is 0. The van der Waals surface area contributed by atoms with Crippen LogP contribution in [0.15, 0.2) is 10.9 Å². The second-order valence-electron chi connectivity index (χ2n) is 2.54. The molecule has 0 radical (unpaired) electrons. The number of anilines is 1. The number of carbonyl (C=O) groups is 1. The third kappa shape index (κ3) is 1.70. The van der Waals surface area contributed by atoms with Crippen LogP contribution in [0.4, 0.5) is 14.5 Å². The SMILES string of the molecule is NC(=O)c1[nH]c(=O)cc(C(F)F)c1N. The quantitative estimate of drug-likeness (QED) is 0.630. The minimum absolute atomic E-state index is 0.493. The number of primary amides is 1. The fraction of sp³-hybridized carbons (Fsp3) is 0.143. The van der Waals surface area contributed by atoms with Gasteiger partial charge in [0.05, 0.1) is 5.69 Å². The maximum Gasteiger partial charge on any atom is 0.267 e. The number of nitrogens with two attached hydrogens (primary N) is 2. The van der Waals surface area contributed by atoms with Gasteiger partial charge in [-0.1, -0.05) is 0 Å². The number of rotatable bonds is 2. The Morgan fingerprint density at radius 3 is 2.50 bits per heavy atom. The maximum atomic E-state index is 12.3. The van der Waals surface area contributed by atoms with Crippen LogP contribution in [0, 0.1) is 0 Å². The smallest absolute Gasteiger partial charge is 0.267 e. The van der Waals surface area contributed by atoms with Gasteiger partial charge in [-0.05, 0) is 0 Å². The van der Waals surface area contributed by atoms with E-state index in [0.29, 0.717) is 6.07 Å². The van der Waals surface area contributed by atoms with E-state index < -0.39 is 34.8 Å². The molecule has 0 aliphatic rings. The summed E-state index contributed by atoms with van der Waals surface area (Å²) in [5.41, 5.74) is 7.50. The Morgan fingerprint density at radius 1 is 1.50 bits per heavy atom. The molecule has 0 unspecified atom stereocenters. The Balaban J connectivity index is 3.48. The number of carbonyl (C=O) groups excluding carboxylic acids is 1. The number of alkyl halides is 2. The Kier molecular flexibility index (Phi) is 2.50. The van der Waals surface area contributed by atoms with E-state index in [9.17, 15) is 18.4 Å². The summed E-state index contributed by atoms with van der Waals surface area (Å²) in [5.74, 6) is -1.05. The number of hydrogen-bond acceptors (Lipinski definition) is 3. The summed E-state index contributed by atoms with van der Waals surface area (Å²) in [6, 6.07) is 0.631. The molecule has 0 aliphatic carbocycles. The highest BCUT2D eigenvalue weighted by Gasteiger charge is 2.18. The average molecular weight is 203 g/mol. The molecule has 1 amide bonds. The largest absolute Gasteiger partial charge is 0.396 e. The zero-order chi connectivity index (χ0) is 10.9. The first-order valence-electron chi connectivity index (χ1n) is 3.54. The molecular weight excluding hydrogens is 196 g/mol. The van der Waals surface area contributed by atoms with E-state index >= 15 is 0 Å². The van der Waals surface area contributed by atoms with Gasteiger partial charge < -0.3 is 16.5 Å². The zero-order valence-electron chi connectivity index (χ0n) is 6.88. The Bertz CT molecular complexity index is 427. The molecule has 0 aromatic carbocycles. The van der Waals surface area contributed by atoms with Gasteiger partial charge in [-0.25, -0.2) is 8.78 Å². The topological polar surface area (TPSA) is 102 Å². The van der Waals surface area contributed by atoms with E-state index in [0.717, 1.165) is 0 Å². The van der Waals surface area contributed by atoms with Crippen LogP contribution in [-0.2, 0) is 0 Å². The fourth-order valence-electron chi connectivity index (χ4n) is 0.965. The van der Waals surface area contributed by atoms with Crippen molar-refractivity contribution in [2.24, 2.45) is 5.73 Å². The van der Waals surface area contributed by atoms with E-state index in [1.165, 1.54) is 0 Å². The molecule has 0 fully saturated rings. The Morgan fingerprint density at radius 2 is 2.07 bits per heavy atom. The summed E-state index contributed by atoms with van der Waals surface area (Å²) < 4.78 is 24.5. The van der Waals surface area contributed by atoms with Crippen molar-refractivity contribution in [2.45, 2.75) is 6.43 Å². The van der Waals surface area contributed by atoms with Crippen LogP contribution in [-0.4, -0.2) is 10.9 Å². The van der Waals surface area contributed by atoms with Crippen LogP contribution in [0.5, 0.6) is 0 Å². The summed E-state index contributed by atoms with van der Waals surface area (Å²) in [6.45, 7) is 0. The van der Waals surface area contributed by atoms with Crippen molar-refractivity contribution in [1.29, 1.82) is 0 Å². The standard InChI is InChI=1S/C7H7F2N3O2/c8-6(9)2-1-3(13)12-5(4(2)10)7(11)14/h1,6H,10H2,(H2,11,14)(H,12,13). The van der Waals surface area contributed by atoms with Gasteiger partial charge >= 0.3 is 0 Å². The molecule has 0 saturated carbocycles. The summed E-state index contributed by atoms with van der Waals surface area (Å²) in [7, 11) is 0. The number of halogens is 2. The van der Waals surface area contributed by atoms with E-state index in [-0.39, 0.29) is 0 Å². The molecule has 0 saturated heterocycles. The number of nitrogens with one attached hydrogen (secondary N) is 1. The van der Waals surface area contributed by atoms with Crippen LogP contribution in [0.25, 0.3) is 0 Å². The van der Waals surface area contributed by atoms with Crippen molar-refractivity contribution in [3.63, 3.8) is 0 Å². The molecule has 0 spiro atoms. The molecule has 5 N–H and O–H groups in total. The van der Waals surface area contributed by atoms with Gasteiger partial charge in [-0.3, -0.25) is 9.59 Å². The normalized spacial score (nSPS) is 10.5. The summed E-state index contributed by atoms with van der Waals surface area (Å²) in [6.07, 6.45) is -2.92. The highest BCUT2D eigenvalue weighted by atomic mass is 19.3. The van der Waals surface area contributed by atoms with Crippen LogP contribution in [0.1, 0.15) is 22.5 Å². The predicted molar refractivity (Wildman–Crippen MR) is 44.9 cm³/mol. The van der Waals surface area contributed by atoms with Gasteiger partial charge in [0.1, 0.15) is 5.69 Å². The van der Waals surface area contributed by atoms with Crippen molar-refractivity contribution >= 4 is 11.6 Å². The molecular formula is C7H7F2N3O2. The molecule has 1 aromatic rings. The summed E-state index contributed by atoms with van der Waals surface area (Å²) in [4.78, 5) is 23.5. The van der Waals surface area contributed by atoms with Gasteiger partial charge in [0.2, 0.25) is 5.56 Å². The number of nitrogen functional groups attached to an aromatic ring is 1. The minimum Gasteiger partial charge on any atom is -0.396 e. The Hall–Kier alpha value is -1.92. The lowest BCUT2D eigenvalue weighted by Crippen LogP contribution is -2.22. The van der Waals surface area contributed by atoms with Crippen molar-refractivity contribution in [3.05, 3.63) is 27.7 Å². The van der Waals surface area contributed by atoms with Crippen LogP contribution >= 0.6 is 0 Å². The second kappa shape index (κ2) is 3.44. The van der Waals surface area contributed by atoms with Crippen LogP contribution in [0.3, 0.4) is 0 Å². The molecule has 1 rings (SSSR count). The number of amides is 1. The third-order valence-corrected chi connectivity index (χ3v) is 1.60. The number of aromatic amines is 1. The van der Waals surface area contributed by atoms with Gasteiger partial charge in [0, 0.05) is 11.6 Å². The molecule has 76 valence electrons. The van der Waals surface area contributed by atoms with Crippen molar-refractivity contribution in [2.75, 3.05) is 5.73 Å². The third-order valence-electron chi connectivity index (χ3n) is 1.60. The maximum absolute atomic E-state index is 12.3. The van der Waals surface area contributed by atoms with Crippen molar-refractivity contribution in [3.8, 4) is 0 Å². The van der Waals surface area contributed by atoms with E-state index in [1.54, 1.807) is 0 Å². The molecule has 1 heterocycles. The molecule has 0 atom stereocenters. The molecule has 1 aromatic heterocycles. The monoisotopic (exact) mass is 203 g/mol. The number of H-pyrrole nitrogens is 1. The number of aromatic nitrogens is 1. The highest BCUT2D eigenvalue weighted by Crippen LogP contribution is 2.24. The van der Waals surface area contributed by atoms with Gasteiger partial charge in [0.15, 0.2) is 0 Å². The van der Waals surface area contributed by atoms with Gasteiger partial charge in [-0.2, -0.15) is 0 Å². The average Bonchev–Trinajstić information content (AvgIpc) is 2.07. The van der Waals surface area contributed by atoms with Crippen LogP contribution < -0.4 is 17.0 Å². The van der Waals surface area contributed by atoms with E-state index in [4.69, 9.17) is 11.5 Å². The van der Waals surface area contributed by atoms with E-state index in [1.807, 2.05) is 4.98 Å². The molecule has 0 aliphatic heterocycles. The van der Waals surface area contributed by atoms with Crippen LogP contribution in [0.2, 0.25) is 0 Å². The summed E-state index contributed by atoms with van der Waals surface area (Å²) >= 11 is 0. The van der Waals surface area contributed by atoms with Gasteiger partial charge in [0.25, 0.3) is 12.3 Å². The number of pyridine rings is 1. The van der Waals surface area contributed by atoms with Crippen molar-refractivity contribution in [1.82, 2.24) is 4.98 Å². The lowest BCUT2D eigenvalue weighted by molar-refractivity contribution is 0.0995. The lowest BCUT2D eigenvalue weighted by Gasteiger charge is -2.06. The first kappa shape index (κ1) is 10.2. The number of hydrogen-bond donors (Lipinski definition) is 3. The van der Waals surface area contributed by atoms with Crippen molar-refractivity contribution < 1.29 is 13.6 Å². The molecule has 14 heavy (non-hydrogen) atoms. The molecule has 5 nitrogen and oxygen atoms in total. The molecule has 7 heteroatoms. The van der Waals surface area contributed by atoms with E-state index in [2.05, 4.69) is 0 Å². The molecule has 0 bridgehead atoms. The first-order valence-corrected chi connectivity index (χ1v) is 3.54. The zero-order valence-corrected chi connectivity index (χ0v) is 6.88. The minimum atomic E-state index is -2.92. The first-order chi connectivity index (χ1) is 6.43. The second-order valence-corrected chi connectivity index (χ2v) is 2.54. The Labute approximate surface area is 76.7 Å². The highest BCUT2D eigenvalue weighted by molar-refractivity contribution is 5.96. The fourth-order valence-corrected chi connectivity index (χ4v) is 0.965. The predicted octanol–water partition coefficient (Wildman–Crippen LogP) is -0.00640.